The number of fused-ring (bicyclic) bond motifs is 1. The lowest BCUT2D eigenvalue weighted by molar-refractivity contribution is 0.145. The Hall–Kier alpha value is -3.91. The summed E-state index contributed by atoms with van der Waals surface area (Å²) < 4.78 is 52.0. The van der Waals surface area contributed by atoms with Crippen LogP contribution in [0, 0.1) is 13.8 Å². The van der Waals surface area contributed by atoms with Gasteiger partial charge in [0.15, 0.2) is 22.2 Å². The van der Waals surface area contributed by atoms with Crippen LogP contribution in [-0.4, -0.2) is 86.4 Å². The zero-order chi connectivity index (χ0) is 30.3. The lowest BCUT2D eigenvalue weighted by Crippen LogP contribution is -2.44. The average Bonchev–Trinajstić information content (AvgIpc) is 3.30. The van der Waals surface area contributed by atoms with Gasteiger partial charge in [-0.2, -0.15) is 8.42 Å². The van der Waals surface area contributed by atoms with Crippen LogP contribution < -0.4 is 19.9 Å². The van der Waals surface area contributed by atoms with Crippen molar-refractivity contribution in [3.63, 3.8) is 0 Å². The van der Waals surface area contributed by atoms with E-state index in [2.05, 4.69) is 31.5 Å². The molecule has 4 aromatic rings. The molecule has 1 fully saturated rings. The average molecular weight is 600 g/mol. The largest absolute Gasteiger partial charge is 0.493 e. The van der Waals surface area contributed by atoms with Crippen LogP contribution in [0.3, 0.4) is 0 Å². The Labute approximate surface area is 245 Å². The quantitative estimate of drug-likeness (QED) is 0.161. The topological polar surface area (TPSA) is 153 Å². The second-order valence-corrected chi connectivity index (χ2v) is 11.3. The van der Waals surface area contributed by atoms with Crippen molar-refractivity contribution in [3.05, 3.63) is 60.1 Å². The molecular weight excluding hydrogens is 562 g/mol. The zero-order valence-corrected chi connectivity index (χ0v) is 25.1. The molecule has 0 unspecified atom stereocenters. The van der Waals surface area contributed by atoms with Crippen molar-refractivity contribution in [1.29, 1.82) is 0 Å². The van der Waals surface area contributed by atoms with Crippen LogP contribution in [0.15, 0.2) is 58.1 Å². The number of benzene rings is 2. The van der Waals surface area contributed by atoms with E-state index in [0.29, 0.717) is 35.3 Å². The fourth-order valence-electron chi connectivity index (χ4n) is 4.58. The van der Waals surface area contributed by atoms with Crippen LogP contribution in [0.2, 0.25) is 0 Å². The Balaban J connectivity index is 0.000000310. The monoisotopic (exact) mass is 599 g/mol. The minimum absolute atomic E-state index is 0.102. The first kappa shape index (κ1) is 31.0. The predicted octanol–water partition coefficient (Wildman–Crippen LogP) is 4.17. The minimum atomic E-state index is -4.18. The maximum Gasteiger partial charge on any atom is 0.299 e. The predicted molar refractivity (Wildman–Crippen MR) is 159 cm³/mol. The molecular formula is C29H37N5O7S. The first-order valence-electron chi connectivity index (χ1n) is 13.5. The number of rotatable bonds is 9. The lowest BCUT2D eigenvalue weighted by atomic mass is 10.1. The maximum absolute atomic E-state index is 10.6. The van der Waals surface area contributed by atoms with E-state index < -0.39 is 10.1 Å². The molecule has 226 valence electrons. The molecule has 2 aromatic heterocycles. The molecule has 1 aliphatic heterocycles. The smallest absolute Gasteiger partial charge is 0.299 e. The number of likely N-dealkylation sites (N-methyl/N-ethyl adjacent to an activating group) is 1. The molecule has 0 radical (unpaired) electrons. The zero-order valence-electron chi connectivity index (χ0n) is 24.2. The molecule has 0 saturated carbocycles. The van der Waals surface area contributed by atoms with Crippen molar-refractivity contribution >= 4 is 26.7 Å². The molecule has 5 rings (SSSR count). The molecule has 0 bridgehead atoms. The fraction of sp³-hybridized carbons (Fsp3) is 0.379. The van der Waals surface area contributed by atoms with E-state index in [-0.39, 0.29) is 16.3 Å². The molecule has 0 amide bonds. The first-order valence-corrected chi connectivity index (χ1v) is 14.9. The van der Waals surface area contributed by atoms with Crippen molar-refractivity contribution in [1.82, 2.24) is 19.9 Å². The van der Waals surface area contributed by atoms with E-state index in [1.807, 2.05) is 36.4 Å². The van der Waals surface area contributed by atoms with Gasteiger partial charge in [0.2, 0.25) is 0 Å². The molecule has 1 aliphatic rings. The van der Waals surface area contributed by atoms with E-state index >= 15 is 0 Å². The summed E-state index contributed by atoms with van der Waals surface area (Å²) in [6.07, 6.45) is 2.70. The SMILES string of the molecule is COc1cc2c(Oc3cccc(N)c3)ccnc2cc1OCCCN1CCN(C)CC1.Cc1noc(C)c1S(=O)(=O)O. The summed E-state index contributed by atoms with van der Waals surface area (Å²) >= 11 is 0. The Bertz CT molecular complexity index is 1580. The van der Waals surface area contributed by atoms with Crippen molar-refractivity contribution in [2.75, 3.05) is 59.2 Å². The van der Waals surface area contributed by atoms with Gasteiger partial charge in [0.05, 0.1) is 19.2 Å². The van der Waals surface area contributed by atoms with Crippen LogP contribution in [0.5, 0.6) is 23.0 Å². The summed E-state index contributed by atoms with van der Waals surface area (Å²) in [5.74, 6) is 2.83. The fourth-order valence-corrected chi connectivity index (χ4v) is 5.39. The molecule has 12 nitrogen and oxygen atoms in total. The molecule has 42 heavy (non-hydrogen) atoms. The third-order valence-electron chi connectivity index (χ3n) is 6.77. The molecule has 2 aromatic carbocycles. The van der Waals surface area contributed by atoms with Crippen molar-refractivity contribution in [2.45, 2.75) is 25.2 Å². The summed E-state index contributed by atoms with van der Waals surface area (Å²) in [5, 5.41) is 4.22. The second-order valence-electron chi connectivity index (χ2n) is 9.98. The molecule has 0 aliphatic carbocycles. The van der Waals surface area contributed by atoms with Crippen LogP contribution in [0.25, 0.3) is 10.9 Å². The summed E-state index contributed by atoms with van der Waals surface area (Å²) in [5.41, 5.74) is 7.48. The number of ether oxygens (including phenoxy) is 3. The van der Waals surface area contributed by atoms with E-state index in [1.165, 1.54) is 13.8 Å². The summed E-state index contributed by atoms with van der Waals surface area (Å²) in [6.45, 7) is 9.04. The number of nitrogen functional groups attached to an aromatic ring is 1. The number of aromatic nitrogens is 2. The van der Waals surface area contributed by atoms with Crippen molar-refractivity contribution in [3.8, 4) is 23.0 Å². The van der Waals surface area contributed by atoms with Crippen LogP contribution in [0.4, 0.5) is 5.69 Å². The third-order valence-corrected chi connectivity index (χ3v) is 7.87. The van der Waals surface area contributed by atoms with Gasteiger partial charge in [0.25, 0.3) is 10.1 Å². The Morgan fingerprint density at radius 2 is 1.81 bits per heavy atom. The standard InChI is InChI=1S/C24H30N4O3.C5H7NO4S/c1-27-10-12-28(13-11-27)9-4-14-30-24-17-21-20(16-23(24)29-2)22(7-8-26-21)31-19-6-3-5-18(25)15-19;1-3-5(11(7,8)9)4(2)10-6-3/h3,5-8,15-17H,4,9-14,25H2,1-2H3;1-2H3,(H,7,8,9). The number of methoxy groups -OCH3 is 1. The molecule has 13 heteroatoms. The van der Waals surface area contributed by atoms with Crippen LogP contribution >= 0.6 is 0 Å². The number of aryl methyl sites for hydroxylation is 2. The third kappa shape index (κ3) is 8.10. The van der Waals surface area contributed by atoms with Crippen LogP contribution in [-0.2, 0) is 10.1 Å². The summed E-state index contributed by atoms with van der Waals surface area (Å²) in [7, 11) is -0.358. The van der Waals surface area contributed by atoms with E-state index in [4.69, 9.17) is 24.5 Å². The number of piperazine rings is 1. The molecule has 3 heterocycles. The van der Waals surface area contributed by atoms with Gasteiger partial charge in [-0.15, -0.1) is 0 Å². The summed E-state index contributed by atoms with van der Waals surface area (Å²) in [6, 6.07) is 13.0. The number of hydrogen-bond acceptors (Lipinski definition) is 11. The molecule has 3 N–H and O–H groups in total. The Kier molecular flexibility index (Phi) is 10.2. The maximum atomic E-state index is 10.6. The van der Waals surface area contributed by atoms with Gasteiger partial charge in [0, 0.05) is 62.1 Å². The number of anilines is 1. The normalized spacial score (nSPS) is 14.3. The first-order chi connectivity index (χ1) is 20.0. The van der Waals surface area contributed by atoms with Gasteiger partial charge >= 0.3 is 0 Å². The highest BCUT2D eigenvalue weighted by molar-refractivity contribution is 7.86. The van der Waals surface area contributed by atoms with Gasteiger partial charge in [-0.25, -0.2) is 0 Å². The van der Waals surface area contributed by atoms with E-state index in [1.54, 1.807) is 19.4 Å². The molecule has 0 atom stereocenters. The molecule has 0 spiro atoms. The number of nitrogens with two attached hydrogens (primary N) is 1. The van der Waals surface area contributed by atoms with Gasteiger partial charge in [-0.1, -0.05) is 11.2 Å². The van der Waals surface area contributed by atoms with E-state index in [0.717, 1.165) is 50.0 Å². The van der Waals surface area contributed by atoms with Crippen LogP contribution in [0.1, 0.15) is 17.9 Å². The van der Waals surface area contributed by atoms with Crippen molar-refractivity contribution < 1.29 is 31.7 Å². The van der Waals surface area contributed by atoms with Gasteiger partial charge < -0.3 is 34.3 Å². The summed E-state index contributed by atoms with van der Waals surface area (Å²) in [4.78, 5) is 9.11. The highest BCUT2D eigenvalue weighted by atomic mass is 32.2. The molecule has 1 saturated heterocycles. The number of nitrogens with zero attached hydrogens (tertiary/aromatic N) is 4. The minimum Gasteiger partial charge on any atom is -0.493 e. The number of hydrogen-bond donors (Lipinski definition) is 2. The second kappa shape index (κ2) is 13.8. The Morgan fingerprint density at radius 3 is 2.43 bits per heavy atom. The lowest BCUT2D eigenvalue weighted by Gasteiger charge is -2.32. The van der Waals surface area contributed by atoms with Gasteiger partial charge in [-0.3, -0.25) is 9.54 Å². The Morgan fingerprint density at radius 1 is 1.05 bits per heavy atom. The van der Waals surface area contributed by atoms with Crippen molar-refractivity contribution in [2.24, 2.45) is 0 Å². The highest BCUT2D eigenvalue weighted by Crippen LogP contribution is 2.37. The van der Waals surface area contributed by atoms with E-state index in [9.17, 15) is 8.42 Å². The highest BCUT2D eigenvalue weighted by Gasteiger charge is 2.21. The van der Waals surface area contributed by atoms with Gasteiger partial charge in [-0.05, 0) is 51.6 Å². The number of pyridine rings is 1. The van der Waals surface area contributed by atoms with Gasteiger partial charge in [0.1, 0.15) is 17.2 Å².